The van der Waals surface area contributed by atoms with Gasteiger partial charge in [-0.15, -0.1) is 11.8 Å². The Kier molecular flexibility index (Phi) is 4.61. The summed E-state index contributed by atoms with van der Waals surface area (Å²) in [5, 5.41) is 3.65. The minimum absolute atomic E-state index is 0.0460. The molecule has 1 fully saturated rings. The fourth-order valence-corrected chi connectivity index (χ4v) is 4.12. The standard InChI is InChI=1S/C20H26N4OS/c1-4-26-15-7-8-17(21-10-14-5-6-14)16(9-15)18-12-23(3)20(25)19-11-22(2)13-24(18)19/h7-9,11-12,14,21H,4-6,10,13H2,1-3H3. The molecule has 1 N–H and O–H groups in total. The maximum absolute atomic E-state index is 12.5. The third-order valence-corrected chi connectivity index (χ3v) is 5.88. The Morgan fingerprint density at radius 3 is 2.73 bits per heavy atom. The number of likely N-dealkylation sites (N-methyl/N-ethyl adjacent to an activating group) is 1. The van der Waals surface area contributed by atoms with Gasteiger partial charge in [-0.3, -0.25) is 4.79 Å². The van der Waals surface area contributed by atoms with Gasteiger partial charge in [-0.2, -0.15) is 0 Å². The summed E-state index contributed by atoms with van der Waals surface area (Å²) >= 11 is 1.85. The summed E-state index contributed by atoms with van der Waals surface area (Å²) in [4.78, 5) is 19.7. The lowest BCUT2D eigenvalue weighted by Gasteiger charge is -2.33. The molecule has 1 saturated carbocycles. The number of carbonyl (C=O) groups is 1. The smallest absolute Gasteiger partial charge is 0.275 e. The third-order valence-electron chi connectivity index (χ3n) is 5.00. The lowest BCUT2D eigenvalue weighted by molar-refractivity contribution is -0.125. The van der Waals surface area contributed by atoms with E-state index in [4.69, 9.17) is 0 Å². The van der Waals surface area contributed by atoms with Crippen LogP contribution in [-0.2, 0) is 4.79 Å². The number of fused-ring (bicyclic) bond motifs is 1. The molecular formula is C20H26N4OS. The molecule has 0 aromatic heterocycles. The van der Waals surface area contributed by atoms with Crippen LogP contribution in [0.4, 0.5) is 5.69 Å². The maximum atomic E-state index is 12.5. The molecule has 3 aliphatic rings. The Labute approximate surface area is 159 Å². The molecule has 0 unspecified atom stereocenters. The highest BCUT2D eigenvalue weighted by Crippen LogP contribution is 2.38. The van der Waals surface area contributed by atoms with E-state index in [1.54, 1.807) is 4.90 Å². The molecule has 2 heterocycles. The van der Waals surface area contributed by atoms with Crippen molar-refractivity contribution >= 4 is 29.1 Å². The molecule has 1 aromatic carbocycles. The molecule has 1 aromatic rings. The van der Waals surface area contributed by atoms with Gasteiger partial charge in [0.1, 0.15) is 5.70 Å². The molecule has 2 aliphatic heterocycles. The second-order valence-corrected chi connectivity index (χ2v) is 8.57. The van der Waals surface area contributed by atoms with E-state index < -0.39 is 0 Å². The summed E-state index contributed by atoms with van der Waals surface area (Å²) in [7, 11) is 3.84. The van der Waals surface area contributed by atoms with Crippen molar-refractivity contribution in [2.24, 2.45) is 5.92 Å². The Balaban J connectivity index is 1.73. The second kappa shape index (κ2) is 6.91. The van der Waals surface area contributed by atoms with Gasteiger partial charge in [0, 0.05) is 49.2 Å². The molecule has 138 valence electrons. The predicted octanol–water partition coefficient (Wildman–Crippen LogP) is 3.44. The van der Waals surface area contributed by atoms with Gasteiger partial charge in [-0.25, -0.2) is 0 Å². The van der Waals surface area contributed by atoms with E-state index in [2.05, 4.69) is 40.2 Å². The van der Waals surface area contributed by atoms with E-state index in [-0.39, 0.29) is 5.91 Å². The summed E-state index contributed by atoms with van der Waals surface area (Å²) in [6, 6.07) is 6.64. The average molecular weight is 371 g/mol. The van der Waals surface area contributed by atoms with Gasteiger partial charge in [-0.1, -0.05) is 6.92 Å². The van der Waals surface area contributed by atoms with Crippen LogP contribution in [0.25, 0.3) is 5.70 Å². The normalized spacial score (nSPS) is 19.5. The largest absolute Gasteiger partial charge is 0.384 e. The Morgan fingerprint density at radius 2 is 2.00 bits per heavy atom. The van der Waals surface area contributed by atoms with Crippen LogP contribution in [0, 0.1) is 5.92 Å². The Morgan fingerprint density at radius 1 is 1.19 bits per heavy atom. The molecule has 26 heavy (non-hydrogen) atoms. The number of amides is 1. The van der Waals surface area contributed by atoms with Crippen molar-refractivity contribution in [1.82, 2.24) is 14.7 Å². The molecule has 1 amide bonds. The number of anilines is 1. The van der Waals surface area contributed by atoms with Gasteiger partial charge in [0.05, 0.1) is 12.4 Å². The molecule has 0 radical (unpaired) electrons. The van der Waals surface area contributed by atoms with E-state index in [1.807, 2.05) is 38.3 Å². The second-order valence-electron chi connectivity index (χ2n) is 7.24. The minimum atomic E-state index is 0.0460. The number of nitrogens with one attached hydrogen (secondary N) is 1. The quantitative estimate of drug-likeness (QED) is 0.777. The lowest BCUT2D eigenvalue weighted by atomic mass is 10.1. The highest BCUT2D eigenvalue weighted by Gasteiger charge is 2.34. The zero-order chi connectivity index (χ0) is 18.3. The molecule has 1 aliphatic carbocycles. The van der Waals surface area contributed by atoms with Crippen LogP contribution in [0.15, 0.2) is 41.2 Å². The number of thioether (sulfide) groups is 1. The van der Waals surface area contributed by atoms with Crippen molar-refractivity contribution in [3.05, 3.63) is 41.9 Å². The van der Waals surface area contributed by atoms with Crippen molar-refractivity contribution in [3.63, 3.8) is 0 Å². The van der Waals surface area contributed by atoms with Gasteiger partial charge in [-0.05, 0) is 42.7 Å². The molecule has 5 nitrogen and oxygen atoms in total. The molecule has 4 rings (SSSR count). The molecule has 0 saturated heterocycles. The van der Waals surface area contributed by atoms with E-state index in [0.717, 1.165) is 35.3 Å². The van der Waals surface area contributed by atoms with E-state index in [0.29, 0.717) is 6.67 Å². The van der Waals surface area contributed by atoms with Crippen LogP contribution in [0.5, 0.6) is 0 Å². The first-order valence-corrected chi connectivity index (χ1v) is 10.2. The minimum Gasteiger partial charge on any atom is -0.384 e. The summed E-state index contributed by atoms with van der Waals surface area (Å²) in [5.41, 5.74) is 4.15. The topological polar surface area (TPSA) is 38.8 Å². The molecule has 0 atom stereocenters. The van der Waals surface area contributed by atoms with Crippen LogP contribution < -0.4 is 5.32 Å². The Hall–Kier alpha value is -2.08. The molecule has 6 heteroatoms. The number of carbonyl (C=O) groups excluding carboxylic acids is 1. The summed E-state index contributed by atoms with van der Waals surface area (Å²) in [5.74, 6) is 1.90. The number of benzene rings is 1. The first-order chi connectivity index (χ1) is 12.6. The number of nitrogens with zero attached hydrogens (tertiary/aromatic N) is 3. The van der Waals surface area contributed by atoms with Crippen LogP contribution in [0.2, 0.25) is 0 Å². The number of hydrogen-bond donors (Lipinski definition) is 1. The molecular weight excluding hydrogens is 344 g/mol. The average Bonchev–Trinajstić information content (AvgIpc) is 3.37. The van der Waals surface area contributed by atoms with Gasteiger partial charge in [0.2, 0.25) is 0 Å². The van der Waals surface area contributed by atoms with E-state index in [9.17, 15) is 4.79 Å². The summed E-state index contributed by atoms with van der Waals surface area (Å²) < 4.78 is 0. The van der Waals surface area contributed by atoms with Crippen molar-refractivity contribution in [2.45, 2.75) is 24.7 Å². The predicted molar refractivity (Wildman–Crippen MR) is 107 cm³/mol. The lowest BCUT2D eigenvalue weighted by Crippen LogP contribution is -2.37. The SMILES string of the molecule is CCSc1ccc(NCC2CC2)c(C2=CN(C)C(=O)C3=CN(C)CN32)c1. The van der Waals surface area contributed by atoms with Crippen molar-refractivity contribution < 1.29 is 4.79 Å². The zero-order valence-corrected chi connectivity index (χ0v) is 16.5. The molecule has 0 spiro atoms. The van der Waals surface area contributed by atoms with Crippen LogP contribution in [0.3, 0.4) is 0 Å². The monoisotopic (exact) mass is 370 g/mol. The van der Waals surface area contributed by atoms with E-state index >= 15 is 0 Å². The summed E-state index contributed by atoms with van der Waals surface area (Å²) in [6.07, 6.45) is 6.57. The van der Waals surface area contributed by atoms with Crippen molar-refractivity contribution in [2.75, 3.05) is 38.4 Å². The highest BCUT2D eigenvalue weighted by atomic mass is 32.2. The first kappa shape index (κ1) is 17.3. The third kappa shape index (κ3) is 3.30. The zero-order valence-electron chi connectivity index (χ0n) is 15.7. The van der Waals surface area contributed by atoms with Crippen LogP contribution in [-0.4, -0.2) is 53.7 Å². The van der Waals surface area contributed by atoms with E-state index in [1.165, 1.54) is 23.3 Å². The fraction of sp³-hybridized carbons (Fsp3) is 0.450. The van der Waals surface area contributed by atoms with Crippen LogP contribution >= 0.6 is 11.8 Å². The van der Waals surface area contributed by atoms with Crippen molar-refractivity contribution in [1.29, 1.82) is 0 Å². The number of hydrogen-bond acceptors (Lipinski definition) is 5. The van der Waals surface area contributed by atoms with Gasteiger partial charge in [0.25, 0.3) is 5.91 Å². The maximum Gasteiger partial charge on any atom is 0.275 e. The number of rotatable bonds is 6. The molecule has 0 bridgehead atoms. The fourth-order valence-electron chi connectivity index (χ4n) is 3.42. The van der Waals surface area contributed by atoms with Crippen molar-refractivity contribution in [3.8, 4) is 0 Å². The highest BCUT2D eigenvalue weighted by molar-refractivity contribution is 7.99. The van der Waals surface area contributed by atoms with Gasteiger partial charge < -0.3 is 20.0 Å². The van der Waals surface area contributed by atoms with Crippen LogP contribution in [0.1, 0.15) is 25.3 Å². The summed E-state index contributed by atoms with van der Waals surface area (Å²) in [6.45, 7) is 3.90. The van der Waals surface area contributed by atoms with Gasteiger partial charge >= 0.3 is 0 Å². The van der Waals surface area contributed by atoms with Gasteiger partial charge in [0.15, 0.2) is 0 Å². The first-order valence-electron chi connectivity index (χ1n) is 9.26. The Bertz CT molecular complexity index is 784.